The minimum Gasteiger partial charge on any atom is -0.492 e. The topological polar surface area (TPSA) is 78.9 Å². The lowest BCUT2D eigenvalue weighted by atomic mass is 9.84. The van der Waals surface area contributed by atoms with Crippen molar-refractivity contribution in [1.82, 2.24) is 10.2 Å². The van der Waals surface area contributed by atoms with Gasteiger partial charge in [0.05, 0.1) is 12.5 Å². The zero-order valence-electron chi connectivity index (χ0n) is 13.9. The summed E-state index contributed by atoms with van der Waals surface area (Å²) < 4.78 is 5.68. The number of carbonyl (C=O) groups excluding carboxylic acids is 1. The van der Waals surface area contributed by atoms with Gasteiger partial charge in [-0.1, -0.05) is 25.1 Å². The number of amides is 1. The molecule has 0 spiro atoms. The maximum atomic E-state index is 12.4. The first-order valence-electron chi connectivity index (χ1n) is 8.53. The maximum absolute atomic E-state index is 12.4. The number of para-hydroxylation sites is 1. The molecule has 1 amide bonds. The highest BCUT2D eigenvalue weighted by molar-refractivity contribution is 5.80. The Morgan fingerprint density at radius 2 is 2.08 bits per heavy atom. The van der Waals surface area contributed by atoms with Gasteiger partial charge >= 0.3 is 5.97 Å². The molecule has 1 unspecified atom stereocenters. The number of fused-ring (bicyclic) bond motifs is 1. The van der Waals surface area contributed by atoms with Gasteiger partial charge in [0.2, 0.25) is 5.91 Å². The van der Waals surface area contributed by atoms with Crippen molar-refractivity contribution in [3.8, 4) is 5.75 Å². The second-order valence-electron chi connectivity index (χ2n) is 6.61. The molecule has 2 N–H and O–H groups in total. The summed E-state index contributed by atoms with van der Waals surface area (Å²) in [7, 11) is 0. The van der Waals surface area contributed by atoms with E-state index in [2.05, 4.69) is 5.32 Å². The number of benzene rings is 1. The molecular formula is C18H24N2O4. The summed E-state index contributed by atoms with van der Waals surface area (Å²) in [5.41, 5.74) is 1.08. The number of carboxylic acids is 1. The second kappa shape index (κ2) is 7.21. The maximum Gasteiger partial charge on any atom is 0.317 e. The van der Waals surface area contributed by atoms with E-state index in [4.69, 9.17) is 9.84 Å². The van der Waals surface area contributed by atoms with E-state index < -0.39 is 5.97 Å². The fourth-order valence-electron chi connectivity index (χ4n) is 3.49. The van der Waals surface area contributed by atoms with Crippen molar-refractivity contribution in [2.24, 2.45) is 5.92 Å². The van der Waals surface area contributed by atoms with E-state index in [1.54, 1.807) is 0 Å². The molecule has 6 nitrogen and oxygen atoms in total. The van der Waals surface area contributed by atoms with Gasteiger partial charge in [0.1, 0.15) is 12.4 Å². The number of nitrogens with one attached hydrogen (secondary N) is 1. The third kappa shape index (κ3) is 3.70. The second-order valence-corrected chi connectivity index (χ2v) is 6.61. The van der Waals surface area contributed by atoms with Crippen LogP contribution in [0.2, 0.25) is 0 Å². The Morgan fingerprint density at radius 1 is 1.33 bits per heavy atom. The third-order valence-electron chi connectivity index (χ3n) is 4.97. The minimum atomic E-state index is -0.803. The Kier molecular flexibility index (Phi) is 5.04. The quantitative estimate of drug-likeness (QED) is 0.821. The number of ether oxygens (including phenoxy) is 1. The first-order valence-corrected chi connectivity index (χ1v) is 8.53. The molecule has 3 rings (SSSR count). The number of likely N-dealkylation sites (N-methyl/N-ethyl adjacent to an activating group) is 1. The molecule has 0 aromatic heterocycles. The smallest absolute Gasteiger partial charge is 0.317 e. The largest absolute Gasteiger partial charge is 0.492 e. The third-order valence-corrected chi connectivity index (χ3v) is 4.97. The van der Waals surface area contributed by atoms with Crippen molar-refractivity contribution in [3.63, 3.8) is 0 Å². The molecule has 1 saturated carbocycles. The standard InChI is InChI=1S/C18H24N2O4/c1-2-20(10-17(21)22)15-8-14(9-15)19-18(23)13-7-12-5-3-4-6-16(12)24-11-13/h3-6,13-15H,2,7-11H2,1H3,(H,19,23)(H,21,22). The molecule has 1 aromatic carbocycles. The molecule has 6 heteroatoms. The molecule has 1 aliphatic carbocycles. The summed E-state index contributed by atoms with van der Waals surface area (Å²) in [5.74, 6) is -0.0469. The van der Waals surface area contributed by atoms with E-state index in [0.717, 1.165) is 24.2 Å². The Balaban J connectivity index is 1.47. The molecule has 1 heterocycles. The normalized spacial score (nSPS) is 25.3. The van der Waals surface area contributed by atoms with E-state index in [1.807, 2.05) is 36.1 Å². The highest BCUT2D eigenvalue weighted by atomic mass is 16.5. The number of nitrogens with zero attached hydrogens (tertiary/aromatic N) is 1. The van der Waals surface area contributed by atoms with Gasteiger partial charge in [0, 0.05) is 12.1 Å². The van der Waals surface area contributed by atoms with Crippen molar-refractivity contribution in [1.29, 1.82) is 0 Å². The summed E-state index contributed by atoms with van der Waals surface area (Å²) >= 11 is 0. The van der Waals surface area contributed by atoms with Crippen LogP contribution in [0, 0.1) is 5.92 Å². The first kappa shape index (κ1) is 16.8. The fraction of sp³-hybridized carbons (Fsp3) is 0.556. The summed E-state index contributed by atoms with van der Waals surface area (Å²) in [6, 6.07) is 8.22. The van der Waals surface area contributed by atoms with Crippen LogP contribution in [0.3, 0.4) is 0 Å². The predicted octanol–water partition coefficient (Wildman–Crippen LogP) is 1.29. The monoisotopic (exact) mass is 332 g/mol. The molecule has 0 saturated heterocycles. The van der Waals surface area contributed by atoms with E-state index in [-0.39, 0.29) is 30.5 Å². The van der Waals surface area contributed by atoms with Gasteiger partial charge in [-0.3, -0.25) is 14.5 Å². The van der Waals surface area contributed by atoms with Crippen LogP contribution in [-0.4, -0.2) is 53.7 Å². The Hall–Kier alpha value is -2.08. The summed E-state index contributed by atoms with van der Waals surface area (Å²) in [6.45, 7) is 3.16. The van der Waals surface area contributed by atoms with Crippen LogP contribution < -0.4 is 10.1 Å². The molecule has 0 bridgehead atoms. The van der Waals surface area contributed by atoms with E-state index in [0.29, 0.717) is 19.6 Å². The van der Waals surface area contributed by atoms with Crippen molar-refractivity contribution in [2.45, 2.75) is 38.3 Å². The molecule has 130 valence electrons. The van der Waals surface area contributed by atoms with Crippen molar-refractivity contribution in [3.05, 3.63) is 29.8 Å². The number of carboxylic acid groups (broad SMARTS) is 1. The Labute approximate surface area is 141 Å². The van der Waals surface area contributed by atoms with Crippen LogP contribution in [0.15, 0.2) is 24.3 Å². The number of hydrogen-bond donors (Lipinski definition) is 2. The van der Waals surface area contributed by atoms with Gasteiger partial charge in [-0.25, -0.2) is 0 Å². The lowest BCUT2D eigenvalue weighted by Gasteiger charge is -2.42. The first-order chi connectivity index (χ1) is 11.6. The SMILES string of the molecule is CCN(CC(=O)O)C1CC(NC(=O)C2COc3ccccc3C2)C1. The van der Waals surface area contributed by atoms with Crippen LogP contribution in [0.5, 0.6) is 5.75 Å². The molecule has 2 aliphatic rings. The highest BCUT2D eigenvalue weighted by Gasteiger charge is 2.36. The minimum absolute atomic E-state index is 0.0363. The molecule has 24 heavy (non-hydrogen) atoms. The summed E-state index contributed by atoms with van der Waals surface area (Å²) in [5, 5.41) is 12.0. The van der Waals surface area contributed by atoms with Gasteiger partial charge in [-0.2, -0.15) is 0 Å². The van der Waals surface area contributed by atoms with Crippen molar-refractivity contribution < 1.29 is 19.4 Å². The van der Waals surface area contributed by atoms with E-state index >= 15 is 0 Å². The fourth-order valence-corrected chi connectivity index (χ4v) is 3.49. The van der Waals surface area contributed by atoms with Crippen molar-refractivity contribution in [2.75, 3.05) is 19.7 Å². The van der Waals surface area contributed by atoms with Gasteiger partial charge < -0.3 is 15.2 Å². The number of carbonyl (C=O) groups is 2. The number of hydrogen-bond acceptors (Lipinski definition) is 4. The van der Waals surface area contributed by atoms with Gasteiger partial charge in [-0.05, 0) is 37.4 Å². The Bertz CT molecular complexity index is 613. The average molecular weight is 332 g/mol. The molecular weight excluding hydrogens is 308 g/mol. The molecule has 1 aliphatic heterocycles. The number of aliphatic carboxylic acids is 1. The average Bonchev–Trinajstić information content (AvgIpc) is 2.55. The zero-order valence-corrected chi connectivity index (χ0v) is 13.9. The van der Waals surface area contributed by atoms with E-state index in [1.165, 1.54) is 0 Å². The summed E-state index contributed by atoms with van der Waals surface area (Å²) in [4.78, 5) is 25.2. The van der Waals surface area contributed by atoms with Gasteiger partial charge in [-0.15, -0.1) is 0 Å². The molecule has 0 radical (unpaired) electrons. The van der Waals surface area contributed by atoms with Crippen molar-refractivity contribution >= 4 is 11.9 Å². The number of rotatable bonds is 6. The highest BCUT2D eigenvalue weighted by Crippen LogP contribution is 2.29. The van der Waals surface area contributed by atoms with Gasteiger partial charge in [0.15, 0.2) is 0 Å². The van der Waals surface area contributed by atoms with Crippen LogP contribution in [0.25, 0.3) is 0 Å². The van der Waals surface area contributed by atoms with Crippen LogP contribution in [0.4, 0.5) is 0 Å². The molecule has 1 aromatic rings. The predicted molar refractivity (Wildman–Crippen MR) is 89.0 cm³/mol. The lowest BCUT2D eigenvalue weighted by Crippen LogP contribution is -2.56. The lowest BCUT2D eigenvalue weighted by molar-refractivity contribution is -0.140. The van der Waals surface area contributed by atoms with E-state index in [9.17, 15) is 9.59 Å². The van der Waals surface area contributed by atoms with Crippen LogP contribution >= 0.6 is 0 Å². The Morgan fingerprint density at radius 3 is 2.79 bits per heavy atom. The summed E-state index contributed by atoms with van der Waals surface area (Å²) in [6.07, 6.45) is 2.34. The van der Waals surface area contributed by atoms with Crippen LogP contribution in [0.1, 0.15) is 25.3 Å². The molecule has 1 fully saturated rings. The zero-order chi connectivity index (χ0) is 17.1. The van der Waals surface area contributed by atoms with Crippen LogP contribution in [-0.2, 0) is 16.0 Å². The van der Waals surface area contributed by atoms with Gasteiger partial charge in [0.25, 0.3) is 0 Å². The molecule has 1 atom stereocenters.